The summed E-state index contributed by atoms with van der Waals surface area (Å²) in [6.45, 7) is 12.5. The number of nitrogens with one attached hydrogen (secondary N) is 1. The van der Waals surface area contributed by atoms with E-state index in [9.17, 15) is 4.79 Å². The fraction of sp³-hybridized carbons (Fsp3) is 0.900. The summed E-state index contributed by atoms with van der Waals surface area (Å²) in [7, 11) is 0. The first-order chi connectivity index (χ1) is 5.89. The number of rotatable bonds is 4. The number of hydrogen-bond acceptors (Lipinski definition) is 2. The first kappa shape index (κ1) is 16.2. The fourth-order valence-electron chi connectivity index (χ4n) is 1.11. The van der Waals surface area contributed by atoms with Gasteiger partial charge in [0.05, 0.1) is 6.54 Å². The SMILES string of the molecule is CCN(CC)CC(=O)NC(C)(C)C.Cl. The van der Waals surface area contributed by atoms with E-state index >= 15 is 0 Å². The Morgan fingerprint density at radius 3 is 1.93 bits per heavy atom. The lowest BCUT2D eigenvalue weighted by Gasteiger charge is -2.23. The van der Waals surface area contributed by atoms with Crippen LogP contribution in [0.5, 0.6) is 0 Å². The molecule has 0 bridgehead atoms. The van der Waals surface area contributed by atoms with Crippen molar-refractivity contribution in [1.29, 1.82) is 0 Å². The topological polar surface area (TPSA) is 32.3 Å². The van der Waals surface area contributed by atoms with Crippen molar-refractivity contribution < 1.29 is 4.79 Å². The molecule has 0 atom stereocenters. The van der Waals surface area contributed by atoms with Gasteiger partial charge in [0, 0.05) is 5.54 Å². The Bertz CT molecular complexity index is 162. The molecule has 0 spiro atoms. The third-order valence-corrected chi connectivity index (χ3v) is 1.78. The van der Waals surface area contributed by atoms with Gasteiger partial charge in [-0.15, -0.1) is 12.4 Å². The molecular weight excluding hydrogens is 200 g/mol. The van der Waals surface area contributed by atoms with Crippen LogP contribution in [0.2, 0.25) is 0 Å². The lowest BCUT2D eigenvalue weighted by molar-refractivity contribution is -0.123. The Morgan fingerprint density at radius 2 is 1.64 bits per heavy atom. The number of nitrogens with zero attached hydrogens (tertiary/aromatic N) is 1. The van der Waals surface area contributed by atoms with E-state index in [1.54, 1.807) is 0 Å². The first-order valence-corrected chi connectivity index (χ1v) is 4.92. The molecule has 0 unspecified atom stereocenters. The highest BCUT2D eigenvalue weighted by Crippen LogP contribution is 1.98. The highest BCUT2D eigenvalue weighted by Gasteiger charge is 2.14. The van der Waals surface area contributed by atoms with Crippen LogP contribution in [0.1, 0.15) is 34.6 Å². The van der Waals surface area contributed by atoms with Crippen LogP contribution in [0.3, 0.4) is 0 Å². The average molecular weight is 223 g/mol. The summed E-state index contributed by atoms with van der Waals surface area (Å²) in [5.74, 6) is 0.108. The number of amides is 1. The van der Waals surface area contributed by atoms with E-state index in [-0.39, 0.29) is 23.9 Å². The van der Waals surface area contributed by atoms with Crippen molar-refractivity contribution in [1.82, 2.24) is 10.2 Å². The van der Waals surface area contributed by atoms with E-state index in [2.05, 4.69) is 24.1 Å². The van der Waals surface area contributed by atoms with Crippen molar-refractivity contribution in [2.24, 2.45) is 0 Å². The molecule has 0 radical (unpaired) electrons. The standard InChI is InChI=1S/C10H22N2O.ClH/c1-6-12(7-2)8-9(13)11-10(3,4)5;/h6-8H2,1-5H3,(H,11,13);1H. The van der Waals surface area contributed by atoms with Gasteiger partial charge in [-0.3, -0.25) is 9.69 Å². The van der Waals surface area contributed by atoms with Gasteiger partial charge in [-0.2, -0.15) is 0 Å². The van der Waals surface area contributed by atoms with Crippen molar-refractivity contribution >= 4 is 18.3 Å². The maximum Gasteiger partial charge on any atom is 0.234 e. The van der Waals surface area contributed by atoms with Gasteiger partial charge < -0.3 is 5.32 Å². The maximum absolute atomic E-state index is 11.4. The zero-order chi connectivity index (χ0) is 10.5. The minimum Gasteiger partial charge on any atom is -0.350 e. The van der Waals surface area contributed by atoms with E-state index in [4.69, 9.17) is 0 Å². The Hall–Kier alpha value is -0.280. The van der Waals surface area contributed by atoms with Gasteiger partial charge in [0.2, 0.25) is 5.91 Å². The van der Waals surface area contributed by atoms with Crippen LogP contribution in [0.25, 0.3) is 0 Å². The molecule has 4 heteroatoms. The van der Waals surface area contributed by atoms with Gasteiger partial charge in [-0.25, -0.2) is 0 Å². The van der Waals surface area contributed by atoms with Gasteiger partial charge >= 0.3 is 0 Å². The second-order valence-electron chi connectivity index (χ2n) is 4.26. The molecule has 0 aliphatic heterocycles. The second kappa shape index (κ2) is 7.07. The van der Waals surface area contributed by atoms with Crippen molar-refractivity contribution in [3.05, 3.63) is 0 Å². The molecule has 86 valence electrons. The van der Waals surface area contributed by atoms with Crippen LogP contribution in [-0.2, 0) is 4.79 Å². The third kappa shape index (κ3) is 8.32. The first-order valence-electron chi connectivity index (χ1n) is 4.92. The normalized spacial score (nSPS) is 11.0. The summed E-state index contributed by atoms with van der Waals surface area (Å²) in [6.07, 6.45) is 0. The number of carbonyl (C=O) groups excluding carboxylic acids is 1. The van der Waals surface area contributed by atoms with E-state index < -0.39 is 0 Å². The molecule has 1 amide bonds. The van der Waals surface area contributed by atoms with Crippen molar-refractivity contribution in [3.63, 3.8) is 0 Å². The van der Waals surface area contributed by atoms with E-state index in [0.717, 1.165) is 13.1 Å². The monoisotopic (exact) mass is 222 g/mol. The average Bonchev–Trinajstić information content (AvgIpc) is 1.96. The number of likely N-dealkylation sites (N-methyl/N-ethyl adjacent to an activating group) is 1. The van der Waals surface area contributed by atoms with Gasteiger partial charge in [0.1, 0.15) is 0 Å². The highest BCUT2D eigenvalue weighted by molar-refractivity contribution is 5.85. The predicted molar refractivity (Wildman–Crippen MR) is 62.9 cm³/mol. The zero-order valence-corrected chi connectivity index (χ0v) is 10.7. The zero-order valence-electron chi connectivity index (χ0n) is 9.89. The highest BCUT2D eigenvalue weighted by atomic mass is 35.5. The molecule has 0 aliphatic carbocycles. The Morgan fingerprint density at radius 1 is 1.21 bits per heavy atom. The summed E-state index contributed by atoms with van der Waals surface area (Å²) < 4.78 is 0. The van der Waals surface area contributed by atoms with Crippen LogP contribution in [0, 0.1) is 0 Å². The predicted octanol–water partition coefficient (Wildman–Crippen LogP) is 1.66. The quantitative estimate of drug-likeness (QED) is 0.785. The van der Waals surface area contributed by atoms with E-state index in [0.29, 0.717) is 6.54 Å². The summed E-state index contributed by atoms with van der Waals surface area (Å²) in [5, 5.41) is 2.94. The van der Waals surface area contributed by atoms with Crippen LogP contribution in [0.15, 0.2) is 0 Å². The van der Waals surface area contributed by atoms with Gasteiger partial charge in [0.25, 0.3) is 0 Å². The summed E-state index contributed by atoms with van der Waals surface area (Å²) in [4.78, 5) is 13.5. The van der Waals surface area contributed by atoms with Crippen molar-refractivity contribution in [3.8, 4) is 0 Å². The summed E-state index contributed by atoms with van der Waals surface area (Å²) in [5.41, 5.74) is -0.121. The maximum atomic E-state index is 11.4. The molecule has 0 aliphatic rings. The largest absolute Gasteiger partial charge is 0.350 e. The fourth-order valence-corrected chi connectivity index (χ4v) is 1.11. The Kier molecular flexibility index (Phi) is 8.16. The molecule has 0 fully saturated rings. The number of halogens is 1. The van der Waals surface area contributed by atoms with Gasteiger partial charge in [0.15, 0.2) is 0 Å². The molecular formula is C10H23ClN2O. The molecule has 0 heterocycles. The molecule has 0 aromatic heterocycles. The Labute approximate surface area is 93.6 Å². The summed E-state index contributed by atoms with van der Waals surface area (Å²) >= 11 is 0. The smallest absolute Gasteiger partial charge is 0.234 e. The van der Waals surface area contributed by atoms with E-state index in [1.807, 2.05) is 20.8 Å². The Balaban J connectivity index is 0. The van der Waals surface area contributed by atoms with Crippen LogP contribution in [0.4, 0.5) is 0 Å². The molecule has 3 nitrogen and oxygen atoms in total. The minimum absolute atomic E-state index is 0. The lowest BCUT2D eigenvalue weighted by Crippen LogP contribution is -2.45. The van der Waals surface area contributed by atoms with E-state index in [1.165, 1.54) is 0 Å². The minimum atomic E-state index is -0.121. The van der Waals surface area contributed by atoms with Crippen LogP contribution in [-0.4, -0.2) is 36.0 Å². The van der Waals surface area contributed by atoms with Crippen LogP contribution < -0.4 is 5.32 Å². The van der Waals surface area contributed by atoms with Crippen LogP contribution >= 0.6 is 12.4 Å². The third-order valence-electron chi connectivity index (χ3n) is 1.78. The molecule has 0 aromatic carbocycles. The number of carbonyl (C=O) groups is 1. The molecule has 0 saturated heterocycles. The molecule has 0 saturated carbocycles. The summed E-state index contributed by atoms with van der Waals surface area (Å²) in [6, 6.07) is 0. The van der Waals surface area contributed by atoms with Crippen molar-refractivity contribution in [2.75, 3.05) is 19.6 Å². The molecule has 1 N–H and O–H groups in total. The van der Waals surface area contributed by atoms with Gasteiger partial charge in [-0.1, -0.05) is 13.8 Å². The second-order valence-corrected chi connectivity index (χ2v) is 4.26. The number of hydrogen-bond donors (Lipinski definition) is 1. The lowest BCUT2D eigenvalue weighted by atomic mass is 10.1. The molecule has 0 rings (SSSR count). The molecule has 14 heavy (non-hydrogen) atoms. The molecule has 0 aromatic rings. The van der Waals surface area contributed by atoms with Crippen molar-refractivity contribution in [2.45, 2.75) is 40.2 Å². The van der Waals surface area contributed by atoms with Gasteiger partial charge in [-0.05, 0) is 33.9 Å².